The summed E-state index contributed by atoms with van der Waals surface area (Å²) in [7, 11) is 0. The number of thioether (sulfide) groups is 1. The van der Waals surface area contributed by atoms with Gasteiger partial charge in [0.15, 0.2) is 0 Å². The predicted molar refractivity (Wildman–Crippen MR) is 100 cm³/mol. The molecule has 2 aromatic rings. The number of carbonyl (C=O) groups is 1. The second kappa shape index (κ2) is 9.71. The van der Waals surface area contributed by atoms with E-state index >= 15 is 0 Å². The number of amides is 1. The smallest absolute Gasteiger partial charge is 0.230 e. The Kier molecular flexibility index (Phi) is 7.05. The number of rotatable bonds is 9. The molecular weight excluding hydrogens is 351 g/mol. The lowest BCUT2D eigenvalue weighted by atomic mass is 10.0. The molecule has 0 unspecified atom stereocenters. The van der Waals surface area contributed by atoms with E-state index in [1.165, 1.54) is 56.0 Å². The van der Waals surface area contributed by atoms with Gasteiger partial charge in [0, 0.05) is 13.0 Å². The van der Waals surface area contributed by atoms with Crippen LogP contribution in [0, 0.1) is 11.7 Å². The fraction of sp³-hybridized carbons (Fsp3) is 0.526. The maximum Gasteiger partial charge on any atom is 0.230 e. The van der Waals surface area contributed by atoms with Crippen LogP contribution in [-0.2, 0) is 17.6 Å². The molecule has 0 radical (unpaired) electrons. The van der Waals surface area contributed by atoms with Crippen LogP contribution >= 0.6 is 11.8 Å². The van der Waals surface area contributed by atoms with E-state index in [9.17, 15) is 9.18 Å². The normalized spacial score (nSPS) is 14.7. The lowest BCUT2D eigenvalue weighted by molar-refractivity contribution is -0.118. The number of aryl methyl sites for hydroxylation is 1. The van der Waals surface area contributed by atoms with E-state index in [1.807, 2.05) is 0 Å². The number of carbonyl (C=O) groups excluding carboxylic acids is 1. The summed E-state index contributed by atoms with van der Waals surface area (Å²) in [5.74, 6) is 1.75. The standard InChI is InChI=1S/C19H25FN4OS/c20-16-8-5-15(6-9-16)11-12-21-18(25)13-26-19-22-17(23-24-19)10-7-14-3-1-2-4-14/h5-6,8-9,14H,1-4,7,10-13H2,(H,21,25)(H,22,23,24). The van der Waals surface area contributed by atoms with E-state index in [0.717, 1.165) is 23.7 Å². The number of hydrogen-bond acceptors (Lipinski definition) is 4. The van der Waals surface area contributed by atoms with Crippen LogP contribution in [0.4, 0.5) is 4.39 Å². The van der Waals surface area contributed by atoms with Crippen molar-refractivity contribution in [2.45, 2.75) is 50.1 Å². The van der Waals surface area contributed by atoms with Gasteiger partial charge >= 0.3 is 0 Å². The first-order chi connectivity index (χ1) is 12.7. The summed E-state index contributed by atoms with van der Waals surface area (Å²) in [5, 5.41) is 10.7. The maximum atomic E-state index is 12.8. The summed E-state index contributed by atoms with van der Waals surface area (Å²) in [6, 6.07) is 6.33. The van der Waals surface area contributed by atoms with Gasteiger partial charge in [-0.25, -0.2) is 9.37 Å². The Morgan fingerprint density at radius 3 is 2.77 bits per heavy atom. The monoisotopic (exact) mass is 376 g/mol. The van der Waals surface area contributed by atoms with E-state index in [-0.39, 0.29) is 11.7 Å². The van der Waals surface area contributed by atoms with Gasteiger partial charge in [0.2, 0.25) is 11.1 Å². The van der Waals surface area contributed by atoms with Crippen molar-refractivity contribution in [1.82, 2.24) is 20.5 Å². The minimum absolute atomic E-state index is 0.0468. The highest BCUT2D eigenvalue weighted by atomic mass is 32.2. The lowest BCUT2D eigenvalue weighted by Gasteiger charge is -2.05. The molecule has 0 atom stereocenters. The topological polar surface area (TPSA) is 70.7 Å². The minimum Gasteiger partial charge on any atom is -0.355 e. The molecule has 140 valence electrons. The van der Waals surface area contributed by atoms with E-state index in [4.69, 9.17) is 0 Å². The highest BCUT2D eigenvalue weighted by Gasteiger charge is 2.15. The van der Waals surface area contributed by atoms with E-state index in [2.05, 4.69) is 20.5 Å². The molecule has 2 N–H and O–H groups in total. The zero-order valence-electron chi connectivity index (χ0n) is 14.8. The molecule has 1 saturated carbocycles. The molecule has 0 bridgehead atoms. The third-order valence-corrected chi connectivity index (χ3v) is 5.60. The third-order valence-electron chi connectivity index (χ3n) is 4.76. The third kappa shape index (κ3) is 6.12. The van der Waals surface area contributed by atoms with Crippen LogP contribution in [0.3, 0.4) is 0 Å². The van der Waals surface area contributed by atoms with Gasteiger partial charge in [-0.2, -0.15) is 0 Å². The van der Waals surface area contributed by atoms with Crippen molar-refractivity contribution in [3.05, 3.63) is 41.5 Å². The van der Waals surface area contributed by atoms with Gasteiger partial charge in [0.05, 0.1) is 5.75 Å². The van der Waals surface area contributed by atoms with Crippen LogP contribution in [0.15, 0.2) is 29.4 Å². The van der Waals surface area contributed by atoms with Gasteiger partial charge in [-0.3, -0.25) is 9.89 Å². The van der Waals surface area contributed by atoms with Gasteiger partial charge in [-0.05, 0) is 36.5 Å². The van der Waals surface area contributed by atoms with Gasteiger partial charge in [0.25, 0.3) is 0 Å². The quantitative estimate of drug-likeness (QED) is 0.657. The molecule has 1 aliphatic carbocycles. The van der Waals surface area contributed by atoms with E-state index in [1.54, 1.807) is 12.1 Å². The number of H-pyrrole nitrogens is 1. The Balaban J connectivity index is 1.31. The van der Waals surface area contributed by atoms with Crippen molar-refractivity contribution in [3.63, 3.8) is 0 Å². The Bertz CT molecular complexity index is 698. The number of nitrogens with zero attached hydrogens (tertiary/aromatic N) is 2. The Morgan fingerprint density at radius 2 is 2.00 bits per heavy atom. The van der Waals surface area contributed by atoms with Crippen LogP contribution in [0.5, 0.6) is 0 Å². The maximum absolute atomic E-state index is 12.8. The number of aromatic amines is 1. The number of aromatic nitrogens is 3. The molecule has 5 nitrogen and oxygen atoms in total. The molecule has 1 heterocycles. The summed E-state index contributed by atoms with van der Waals surface area (Å²) >= 11 is 1.34. The van der Waals surface area contributed by atoms with Crippen molar-refractivity contribution in [3.8, 4) is 0 Å². The van der Waals surface area contributed by atoms with E-state index < -0.39 is 0 Å². The summed E-state index contributed by atoms with van der Waals surface area (Å²) in [6.45, 7) is 0.533. The van der Waals surface area contributed by atoms with Crippen molar-refractivity contribution >= 4 is 17.7 Å². The first-order valence-corrected chi connectivity index (χ1v) is 10.2. The minimum atomic E-state index is -0.247. The molecule has 0 aliphatic heterocycles. The molecule has 26 heavy (non-hydrogen) atoms. The van der Waals surface area contributed by atoms with E-state index in [0.29, 0.717) is 23.9 Å². The van der Waals surface area contributed by atoms with Crippen molar-refractivity contribution in [2.24, 2.45) is 5.92 Å². The summed E-state index contributed by atoms with van der Waals surface area (Å²) < 4.78 is 12.8. The molecular formula is C19H25FN4OS. The van der Waals surface area contributed by atoms with Crippen LogP contribution in [-0.4, -0.2) is 33.4 Å². The highest BCUT2D eigenvalue weighted by Crippen LogP contribution is 2.28. The zero-order valence-corrected chi connectivity index (χ0v) is 15.7. The molecule has 1 fully saturated rings. The summed E-state index contributed by atoms with van der Waals surface area (Å²) in [6.07, 6.45) is 8.19. The van der Waals surface area contributed by atoms with Crippen LogP contribution < -0.4 is 5.32 Å². The molecule has 0 saturated heterocycles. The average Bonchev–Trinajstić information content (AvgIpc) is 3.31. The Hall–Kier alpha value is -1.89. The van der Waals surface area contributed by atoms with Gasteiger partial charge in [-0.1, -0.05) is 49.6 Å². The number of nitrogens with one attached hydrogen (secondary N) is 2. The summed E-state index contributed by atoms with van der Waals surface area (Å²) in [4.78, 5) is 16.4. The number of benzene rings is 1. The van der Waals surface area contributed by atoms with Crippen LogP contribution in [0.2, 0.25) is 0 Å². The van der Waals surface area contributed by atoms with Crippen LogP contribution in [0.25, 0.3) is 0 Å². The van der Waals surface area contributed by atoms with Gasteiger partial charge in [-0.15, -0.1) is 5.10 Å². The largest absolute Gasteiger partial charge is 0.355 e. The van der Waals surface area contributed by atoms with Crippen molar-refractivity contribution in [2.75, 3.05) is 12.3 Å². The van der Waals surface area contributed by atoms with Crippen molar-refractivity contribution < 1.29 is 9.18 Å². The molecule has 1 aromatic carbocycles. The number of hydrogen-bond donors (Lipinski definition) is 2. The van der Waals surface area contributed by atoms with Gasteiger partial charge in [0.1, 0.15) is 11.6 Å². The number of halogens is 1. The first-order valence-electron chi connectivity index (χ1n) is 9.24. The molecule has 3 rings (SSSR count). The summed E-state index contributed by atoms with van der Waals surface area (Å²) in [5.41, 5.74) is 1.00. The first kappa shape index (κ1) is 18.9. The van der Waals surface area contributed by atoms with Crippen molar-refractivity contribution in [1.29, 1.82) is 0 Å². The lowest BCUT2D eigenvalue weighted by Crippen LogP contribution is -2.27. The molecule has 0 spiro atoms. The predicted octanol–water partition coefficient (Wildman–Crippen LogP) is 3.52. The second-order valence-electron chi connectivity index (χ2n) is 6.77. The molecule has 7 heteroatoms. The highest BCUT2D eigenvalue weighted by molar-refractivity contribution is 7.99. The Morgan fingerprint density at radius 1 is 1.23 bits per heavy atom. The zero-order chi connectivity index (χ0) is 18.2. The molecule has 1 aromatic heterocycles. The fourth-order valence-electron chi connectivity index (χ4n) is 3.27. The van der Waals surface area contributed by atoms with Crippen LogP contribution in [0.1, 0.15) is 43.5 Å². The second-order valence-corrected chi connectivity index (χ2v) is 7.71. The fourth-order valence-corrected chi connectivity index (χ4v) is 3.92. The molecule has 1 aliphatic rings. The Labute approximate surface area is 157 Å². The molecule has 1 amide bonds. The van der Waals surface area contributed by atoms with Gasteiger partial charge < -0.3 is 5.32 Å². The average molecular weight is 377 g/mol. The SMILES string of the molecule is O=C(CSc1n[nH]c(CCC2CCCC2)n1)NCCc1ccc(F)cc1.